The van der Waals surface area contributed by atoms with Crippen molar-refractivity contribution in [3.05, 3.63) is 83.0 Å². The van der Waals surface area contributed by atoms with E-state index in [0.717, 1.165) is 27.8 Å². The van der Waals surface area contributed by atoms with E-state index in [1.165, 1.54) is 6.08 Å². The third-order valence-corrected chi connectivity index (χ3v) is 5.34. The number of anilines is 1. The molecule has 4 rings (SSSR count). The molecule has 1 fully saturated rings. The summed E-state index contributed by atoms with van der Waals surface area (Å²) in [7, 11) is 0. The molecular formula is C23H18N2O4S. The first kappa shape index (κ1) is 19.7. The van der Waals surface area contributed by atoms with Gasteiger partial charge in [-0.05, 0) is 48.5 Å². The van der Waals surface area contributed by atoms with Crippen LogP contribution >= 0.6 is 11.8 Å². The Kier molecular flexibility index (Phi) is 5.54. The molecule has 7 heteroatoms. The SMILES string of the molecule is Cc1cccc(NC(=O)CN2C(=O)S/C(=C\c3ccc(-c4ccccc4)o3)C2=O)c1. The number of nitrogens with one attached hydrogen (secondary N) is 1. The molecular weight excluding hydrogens is 400 g/mol. The quantitative estimate of drug-likeness (QED) is 0.594. The predicted molar refractivity (Wildman–Crippen MR) is 117 cm³/mol. The van der Waals surface area contributed by atoms with Gasteiger partial charge in [0, 0.05) is 17.3 Å². The van der Waals surface area contributed by atoms with Crippen molar-refractivity contribution < 1.29 is 18.8 Å². The lowest BCUT2D eigenvalue weighted by Gasteiger charge is -2.12. The van der Waals surface area contributed by atoms with Crippen LogP contribution in [0.1, 0.15) is 11.3 Å². The van der Waals surface area contributed by atoms with Gasteiger partial charge >= 0.3 is 0 Å². The van der Waals surface area contributed by atoms with Crippen LogP contribution in [-0.4, -0.2) is 28.5 Å². The molecule has 2 heterocycles. The molecule has 0 saturated carbocycles. The number of carbonyl (C=O) groups is 3. The zero-order valence-electron chi connectivity index (χ0n) is 16.1. The second-order valence-electron chi connectivity index (χ2n) is 6.75. The third kappa shape index (κ3) is 4.36. The summed E-state index contributed by atoms with van der Waals surface area (Å²) < 4.78 is 5.77. The summed E-state index contributed by atoms with van der Waals surface area (Å²) in [6.07, 6.45) is 1.52. The van der Waals surface area contributed by atoms with E-state index in [1.807, 2.05) is 55.5 Å². The van der Waals surface area contributed by atoms with Crippen molar-refractivity contribution in [1.29, 1.82) is 0 Å². The molecule has 1 aliphatic heterocycles. The molecule has 0 aliphatic carbocycles. The molecule has 30 heavy (non-hydrogen) atoms. The first-order valence-electron chi connectivity index (χ1n) is 9.27. The smallest absolute Gasteiger partial charge is 0.294 e. The Bertz CT molecular complexity index is 1150. The zero-order valence-corrected chi connectivity index (χ0v) is 16.9. The van der Waals surface area contributed by atoms with Gasteiger partial charge in [0.05, 0.1) is 4.91 Å². The fraction of sp³-hybridized carbons (Fsp3) is 0.0870. The molecule has 6 nitrogen and oxygen atoms in total. The average molecular weight is 418 g/mol. The van der Waals surface area contributed by atoms with E-state index >= 15 is 0 Å². The highest BCUT2D eigenvalue weighted by molar-refractivity contribution is 8.18. The second-order valence-corrected chi connectivity index (χ2v) is 7.75. The minimum atomic E-state index is -0.512. The van der Waals surface area contributed by atoms with Crippen LogP contribution in [0.2, 0.25) is 0 Å². The molecule has 1 saturated heterocycles. The van der Waals surface area contributed by atoms with Gasteiger partial charge in [0.2, 0.25) is 5.91 Å². The van der Waals surface area contributed by atoms with E-state index in [9.17, 15) is 14.4 Å². The van der Waals surface area contributed by atoms with E-state index in [0.29, 0.717) is 17.2 Å². The largest absolute Gasteiger partial charge is 0.457 e. The van der Waals surface area contributed by atoms with Gasteiger partial charge in [0.1, 0.15) is 18.1 Å². The number of rotatable bonds is 5. The van der Waals surface area contributed by atoms with Gasteiger partial charge < -0.3 is 9.73 Å². The number of imide groups is 1. The summed E-state index contributed by atoms with van der Waals surface area (Å²) in [5.41, 5.74) is 2.53. The van der Waals surface area contributed by atoms with Crippen LogP contribution in [-0.2, 0) is 9.59 Å². The standard InChI is InChI=1S/C23H18N2O4S/c1-15-6-5-9-17(12-15)24-21(26)14-25-22(27)20(30-23(25)28)13-18-10-11-19(29-18)16-7-3-2-4-8-16/h2-13H,14H2,1H3,(H,24,26)/b20-13-. The number of carbonyl (C=O) groups excluding carboxylic acids is 3. The van der Waals surface area contributed by atoms with Crippen molar-refractivity contribution in [3.8, 4) is 11.3 Å². The Balaban J connectivity index is 1.45. The number of benzene rings is 2. The maximum atomic E-state index is 12.6. The molecule has 3 amide bonds. The molecule has 0 unspecified atom stereocenters. The fourth-order valence-electron chi connectivity index (χ4n) is 3.02. The lowest BCUT2D eigenvalue weighted by Crippen LogP contribution is -2.36. The highest BCUT2D eigenvalue weighted by Gasteiger charge is 2.36. The maximum absolute atomic E-state index is 12.6. The predicted octanol–water partition coefficient (Wildman–Crippen LogP) is 4.93. The molecule has 3 aromatic rings. The Morgan fingerprint density at radius 3 is 2.63 bits per heavy atom. The molecule has 0 atom stereocenters. The van der Waals surface area contributed by atoms with E-state index in [4.69, 9.17) is 4.42 Å². The number of hydrogen-bond donors (Lipinski definition) is 1. The Morgan fingerprint density at radius 1 is 1.07 bits per heavy atom. The van der Waals surface area contributed by atoms with Crippen molar-refractivity contribution in [1.82, 2.24) is 4.90 Å². The number of thioether (sulfide) groups is 1. The summed E-state index contributed by atoms with van der Waals surface area (Å²) in [4.78, 5) is 38.3. The van der Waals surface area contributed by atoms with E-state index in [1.54, 1.807) is 18.2 Å². The Labute approximate surface area is 177 Å². The summed E-state index contributed by atoms with van der Waals surface area (Å²) in [6.45, 7) is 1.57. The van der Waals surface area contributed by atoms with Crippen LogP contribution < -0.4 is 5.32 Å². The van der Waals surface area contributed by atoms with Crippen molar-refractivity contribution in [2.24, 2.45) is 0 Å². The average Bonchev–Trinajstić information content (AvgIpc) is 3.29. The lowest BCUT2D eigenvalue weighted by molar-refractivity contribution is -0.127. The van der Waals surface area contributed by atoms with Gasteiger partial charge in [0.25, 0.3) is 11.1 Å². The first-order chi connectivity index (χ1) is 14.5. The van der Waals surface area contributed by atoms with Crippen LogP contribution in [0.3, 0.4) is 0 Å². The zero-order chi connectivity index (χ0) is 21.1. The minimum absolute atomic E-state index is 0.220. The molecule has 150 valence electrons. The minimum Gasteiger partial charge on any atom is -0.457 e. The van der Waals surface area contributed by atoms with Gasteiger partial charge in [0.15, 0.2) is 0 Å². The monoisotopic (exact) mass is 418 g/mol. The van der Waals surface area contributed by atoms with Gasteiger partial charge in [-0.1, -0.05) is 42.5 Å². The first-order valence-corrected chi connectivity index (χ1v) is 10.1. The molecule has 0 spiro atoms. The Morgan fingerprint density at radius 2 is 1.87 bits per heavy atom. The summed E-state index contributed by atoms with van der Waals surface area (Å²) in [6, 6.07) is 20.4. The Hall–Kier alpha value is -3.58. The second kappa shape index (κ2) is 8.42. The number of furan rings is 1. The molecule has 1 N–H and O–H groups in total. The highest BCUT2D eigenvalue weighted by Crippen LogP contribution is 2.33. The summed E-state index contributed by atoms with van der Waals surface area (Å²) >= 11 is 0.791. The third-order valence-electron chi connectivity index (χ3n) is 4.44. The van der Waals surface area contributed by atoms with Crippen molar-refractivity contribution in [2.45, 2.75) is 6.92 Å². The number of hydrogen-bond acceptors (Lipinski definition) is 5. The van der Waals surface area contributed by atoms with Gasteiger partial charge in [-0.3, -0.25) is 19.3 Å². The van der Waals surface area contributed by atoms with Gasteiger partial charge in [-0.25, -0.2) is 0 Å². The van der Waals surface area contributed by atoms with Crippen LogP contribution in [0.15, 0.2) is 76.1 Å². The number of amides is 3. The van der Waals surface area contributed by atoms with E-state index < -0.39 is 17.1 Å². The number of nitrogens with zero attached hydrogens (tertiary/aromatic N) is 1. The van der Waals surface area contributed by atoms with Crippen LogP contribution in [0.5, 0.6) is 0 Å². The van der Waals surface area contributed by atoms with Crippen LogP contribution in [0.25, 0.3) is 17.4 Å². The van der Waals surface area contributed by atoms with Crippen LogP contribution in [0.4, 0.5) is 10.5 Å². The number of aryl methyl sites for hydroxylation is 1. The highest BCUT2D eigenvalue weighted by atomic mass is 32.2. The normalized spacial score (nSPS) is 15.1. The maximum Gasteiger partial charge on any atom is 0.294 e. The molecule has 1 aromatic heterocycles. The van der Waals surface area contributed by atoms with E-state index in [2.05, 4.69) is 5.32 Å². The fourth-order valence-corrected chi connectivity index (χ4v) is 3.84. The molecule has 1 aliphatic rings. The molecule has 0 bridgehead atoms. The molecule has 0 radical (unpaired) electrons. The topological polar surface area (TPSA) is 79.6 Å². The van der Waals surface area contributed by atoms with E-state index in [-0.39, 0.29) is 11.4 Å². The van der Waals surface area contributed by atoms with Gasteiger partial charge in [-0.15, -0.1) is 0 Å². The van der Waals surface area contributed by atoms with Gasteiger partial charge in [-0.2, -0.15) is 0 Å². The lowest BCUT2D eigenvalue weighted by atomic mass is 10.2. The van der Waals surface area contributed by atoms with Crippen molar-refractivity contribution >= 4 is 40.6 Å². The molecule has 2 aromatic carbocycles. The summed E-state index contributed by atoms with van der Waals surface area (Å²) in [5, 5.41) is 2.22. The van der Waals surface area contributed by atoms with Crippen molar-refractivity contribution in [2.75, 3.05) is 11.9 Å². The van der Waals surface area contributed by atoms with Crippen LogP contribution in [0, 0.1) is 6.92 Å². The van der Waals surface area contributed by atoms with Crippen molar-refractivity contribution in [3.63, 3.8) is 0 Å². The summed E-state index contributed by atoms with van der Waals surface area (Å²) in [5.74, 6) is 0.178.